The molecule has 0 amide bonds. The third-order valence-corrected chi connectivity index (χ3v) is 3.76. The van der Waals surface area contributed by atoms with Crippen LogP contribution in [0, 0.1) is 6.92 Å². The van der Waals surface area contributed by atoms with Crippen LogP contribution in [0.15, 0.2) is 34.9 Å². The van der Waals surface area contributed by atoms with Crippen LogP contribution in [0.3, 0.4) is 0 Å². The summed E-state index contributed by atoms with van der Waals surface area (Å²) < 4.78 is 5.21. The smallest absolute Gasteiger partial charge is 0.101 e. The maximum absolute atomic E-state index is 10.4. The molecule has 19 heavy (non-hydrogen) atoms. The van der Waals surface area contributed by atoms with Crippen LogP contribution in [-0.4, -0.2) is 11.7 Å². The Labute approximate surface area is 121 Å². The molecule has 3 N–H and O–H groups in total. The van der Waals surface area contributed by atoms with Gasteiger partial charge in [-0.15, -0.1) is 0 Å². The highest BCUT2D eigenvalue weighted by Crippen LogP contribution is 2.38. The molecule has 0 spiro atoms. The average Bonchev–Trinajstić information content (AvgIpc) is 2.80. The van der Waals surface area contributed by atoms with Crippen molar-refractivity contribution in [1.29, 1.82) is 0 Å². The first-order valence-corrected chi connectivity index (χ1v) is 6.67. The highest BCUT2D eigenvalue weighted by Gasteiger charge is 2.26. The summed E-state index contributed by atoms with van der Waals surface area (Å²) in [5.41, 5.74) is 7.12. The third-order valence-electron chi connectivity index (χ3n) is 3.10. The van der Waals surface area contributed by atoms with Gasteiger partial charge in [0, 0.05) is 28.1 Å². The van der Waals surface area contributed by atoms with E-state index < -0.39 is 6.10 Å². The van der Waals surface area contributed by atoms with Crippen LogP contribution >= 0.6 is 23.2 Å². The molecular formula is C14H15Cl2NO2. The molecule has 0 fully saturated rings. The maximum atomic E-state index is 10.4. The van der Waals surface area contributed by atoms with Crippen molar-refractivity contribution in [3.8, 4) is 0 Å². The molecule has 0 aliphatic rings. The molecule has 2 unspecified atom stereocenters. The molecule has 0 saturated heterocycles. The summed E-state index contributed by atoms with van der Waals surface area (Å²) in [6.45, 7) is 2.05. The molecule has 0 aliphatic carbocycles. The summed E-state index contributed by atoms with van der Waals surface area (Å²) >= 11 is 12.3. The number of benzene rings is 1. The Kier molecular flexibility index (Phi) is 4.53. The fourth-order valence-corrected chi connectivity index (χ4v) is 2.80. The van der Waals surface area contributed by atoms with Crippen molar-refractivity contribution in [3.05, 3.63) is 57.5 Å². The Hall–Kier alpha value is -1.00. The van der Waals surface area contributed by atoms with Crippen molar-refractivity contribution in [2.24, 2.45) is 5.73 Å². The quantitative estimate of drug-likeness (QED) is 0.905. The molecule has 0 saturated carbocycles. The van der Waals surface area contributed by atoms with Gasteiger partial charge in [-0.1, -0.05) is 29.3 Å². The van der Waals surface area contributed by atoms with Crippen LogP contribution in [-0.2, 0) is 0 Å². The Balaban J connectivity index is 2.39. The molecule has 1 heterocycles. The minimum atomic E-state index is -0.806. The molecule has 1 aromatic heterocycles. The second-order valence-corrected chi connectivity index (χ2v) is 5.23. The molecule has 3 nitrogen and oxygen atoms in total. The van der Waals surface area contributed by atoms with Crippen LogP contribution in [0.25, 0.3) is 0 Å². The fourth-order valence-electron chi connectivity index (χ4n) is 2.12. The molecule has 0 bridgehead atoms. The lowest BCUT2D eigenvalue weighted by Gasteiger charge is -2.23. The zero-order valence-corrected chi connectivity index (χ0v) is 11.9. The maximum Gasteiger partial charge on any atom is 0.101 e. The minimum absolute atomic E-state index is 0.231. The van der Waals surface area contributed by atoms with Gasteiger partial charge < -0.3 is 15.3 Å². The van der Waals surface area contributed by atoms with Crippen molar-refractivity contribution in [3.63, 3.8) is 0 Å². The first kappa shape index (κ1) is 14.4. The normalized spacial score (nSPS) is 14.4. The van der Waals surface area contributed by atoms with Crippen molar-refractivity contribution in [1.82, 2.24) is 0 Å². The number of hydrogen-bond acceptors (Lipinski definition) is 3. The molecule has 2 atom stereocenters. The Morgan fingerprint density at radius 1 is 1.32 bits per heavy atom. The second kappa shape index (κ2) is 5.97. The Morgan fingerprint density at radius 2 is 1.95 bits per heavy atom. The molecule has 0 aliphatic heterocycles. The van der Waals surface area contributed by atoms with Crippen LogP contribution in [0.1, 0.15) is 28.9 Å². The number of furan rings is 1. The lowest BCUT2D eigenvalue weighted by molar-refractivity contribution is 0.146. The number of nitrogens with two attached hydrogens (primary N) is 1. The van der Waals surface area contributed by atoms with Crippen molar-refractivity contribution in [2.45, 2.75) is 18.9 Å². The minimum Gasteiger partial charge on any atom is -0.469 e. The third kappa shape index (κ3) is 2.95. The van der Waals surface area contributed by atoms with Crippen LogP contribution in [0.4, 0.5) is 0 Å². The molecular weight excluding hydrogens is 285 g/mol. The lowest BCUT2D eigenvalue weighted by atomic mass is 9.90. The number of aryl methyl sites for hydroxylation is 1. The van der Waals surface area contributed by atoms with E-state index in [-0.39, 0.29) is 12.5 Å². The largest absolute Gasteiger partial charge is 0.469 e. The fraction of sp³-hybridized carbons (Fsp3) is 0.286. The van der Waals surface area contributed by atoms with Gasteiger partial charge in [0.2, 0.25) is 0 Å². The van der Waals surface area contributed by atoms with Crippen molar-refractivity contribution < 1.29 is 9.52 Å². The number of rotatable bonds is 4. The van der Waals surface area contributed by atoms with E-state index in [0.717, 1.165) is 5.76 Å². The molecule has 0 radical (unpaired) electrons. The molecule has 2 rings (SSSR count). The van der Waals surface area contributed by atoms with E-state index in [1.165, 1.54) is 6.26 Å². The van der Waals surface area contributed by atoms with E-state index in [4.69, 9.17) is 33.4 Å². The number of aliphatic hydroxyl groups excluding tert-OH is 1. The summed E-state index contributed by atoms with van der Waals surface area (Å²) in [7, 11) is 0. The van der Waals surface area contributed by atoms with Crippen LogP contribution in [0.5, 0.6) is 0 Å². The predicted molar refractivity (Wildman–Crippen MR) is 76.7 cm³/mol. The lowest BCUT2D eigenvalue weighted by Crippen LogP contribution is -2.20. The molecule has 2 aromatic rings. The highest BCUT2D eigenvalue weighted by molar-refractivity contribution is 6.36. The van der Waals surface area contributed by atoms with Crippen molar-refractivity contribution >= 4 is 23.2 Å². The first-order chi connectivity index (χ1) is 9.04. The Bertz CT molecular complexity index is 548. The standard InChI is InChI=1S/C14H15Cl2NO2/c1-8-5-9(7-19-8)14(18)10(6-17)13-11(15)3-2-4-12(13)16/h2-5,7,10,14,18H,6,17H2,1H3. The first-order valence-electron chi connectivity index (χ1n) is 5.91. The van der Waals surface area contributed by atoms with E-state index in [2.05, 4.69) is 0 Å². The van der Waals surface area contributed by atoms with Gasteiger partial charge in [-0.3, -0.25) is 0 Å². The topological polar surface area (TPSA) is 59.4 Å². The molecule has 102 valence electrons. The zero-order chi connectivity index (χ0) is 14.0. The monoisotopic (exact) mass is 299 g/mol. The molecule has 1 aromatic carbocycles. The molecule has 5 heteroatoms. The van der Waals surface area contributed by atoms with E-state index >= 15 is 0 Å². The summed E-state index contributed by atoms with van der Waals surface area (Å²) in [5.74, 6) is 0.355. The van der Waals surface area contributed by atoms with E-state index in [1.807, 2.05) is 6.92 Å². The van der Waals surface area contributed by atoms with Crippen LogP contribution < -0.4 is 5.73 Å². The van der Waals surface area contributed by atoms with E-state index in [9.17, 15) is 5.11 Å². The van der Waals surface area contributed by atoms with Crippen LogP contribution in [0.2, 0.25) is 10.0 Å². The van der Waals surface area contributed by atoms with Gasteiger partial charge in [0.1, 0.15) is 5.76 Å². The Morgan fingerprint density at radius 3 is 2.42 bits per heavy atom. The van der Waals surface area contributed by atoms with Gasteiger partial charge in [0.25, 0.3) is 0 Å². The second-order valence-electron chi connectivity index (χ2n) is 4.41. The van der Waals surface area contributed by atoms with E-state index in [1.54, 1.807) is 24.3 Å². The summed E-state index contributed by atoms with van der Waals surface area (Å²) in [6, 6.07) is 7.01. The van der Waals surface area contributed by atoms with Crippen molar-refractivity contribution in [2.75, 3.05) is 6.54 Å². The number of halogens is 2. The summed E-state index contributed by atoms with van der Waals surface area (Å²) in [5, 5.41) is 11.4. The summed E-state index contributed by atoms with van der Waals surface area (Å²) in [6.07, 6.45) is 0.716. The predicted octanol–water partition coefficient (Wildman–Crippen LogP) is 3.67. The average molecular weight is 300 g/mol. The van der Waals surface area contributed by atoms with Gasteiger partial charge in [-0.05, 0) is 30.7 Å². The van der Waals surface area contributed by atoms with Gasteiger partial charge in [0.05, 0.1) is 12.4 Å². The summed E-state index contributed by atoms with van der Waals surface area (Å²) in [4.78, 5) is 0. The number of aliphatic hydroxyl groups is 1. The van der Waals surface area contributed by atoms with Gasteiger partial charge in [0.15, 0.2) is 0 Å². The van der Waals surface area contributed by atoms with Gasteiger partial charge in [-0.2, -0.15) is 0 Å². The SMILES string of the molecule is Cc1cc(C(O)C(CN)c2c(Cl)cccc2Cl)co1. The zero-order valence-electron chi connectivity index (χ0n) is 10.4. The van der Waals surface area contributed by atoms with Gasteiger partial charge in [-0.25, -0.2) is 0 Å². The number of hydrogen-bond donors (Lipinski definition) is 2. The van der Waals surface area contributed by atoms with Gasteiger partial charge >= 0.3 is 0 Å². The highest BCUT2D eigenvalue weighted by atomic mass is 35.5. The van der Waals surface area contributed by atoms with E-state index in [0.29, 0.717) is 21.2 Å².